The fourth-order valence-electron chi connectivity index (χ4n) is 0.904. The van der Waals surface area contributed by atoms with Crippen molar-refractivity contribution in [2.24, 2.45) is 0 Å². The second-order valence-corrected chi connectivity index (χ2v) is 6.12. The van der Waals surface area contributed by atoms with Crippen LogP contribution in [0.15, 0.2) is 4.21 Å². The van der Waals surface area contributed by atoms with Crippen LogP contribution in [0.4, 0.5) is 0 Å². The van der Waals surface area contributed by atoms with Crippen molar-refractivity contribution in [3.63, 3.8) is 0 Å². The maximum atomic E-state index is 11.1. The molecule has 0 aliphatic heterocycles. The molecule has 0 fully saturated rings. The molecule has 13 heavy (non-hydrogen) atoms. The normalized spacial score (nSPS) is 12.3. The second kappa shape index (κ2) is 3.26. The Morgan fingerprint density at radius 3 is 2.23 bits per heavy atom. The highest BCUT2D eigenvalue weighted by molar-refractivity contribution is 7.92. The molecule has 0 saturated heterocycles. The Hall–Kier alpha value is -0.620. The van der Waals surface area contributed by atoms with Crippen LogP contribution < -0.4 is 0 Å². The first-order valence-electron chi connectivity index (χ1n) is 3.72. The van der Waals surface area contributed by atoms with Crippen molar-refractivity contribution in [3.8, 4) is 5.75 Å². The van der Waals surface area contributed by atoms with Crippen molar-refractivity contribution < 1.29 is 13.5 Å². The lowest BCUT2D eigenvalue weighted by atomic mass is 10.1. The van der Waals surface area contributed by atoms with E-state index in [0.717, 1.165) is 17.8 Å². The summed E-state index contributed by atoms with van der Waals surface area (Å²) in [5.74, 6) is -0.158. The van der Waals surface area contributed by atoms with Gasteiger partial charge in [-0.15, -0.1) is 0 Å². The molecule has 0 radical (unpaired) electrons. The molecule has 0 unspecified atom stereocenters. The lowest BCUT2D eigenvalue weighted by Crippen LogP contribution is -1.94. The molecule has 6 heteroatoms. The van der Waals surface area contributed by atoms with Gasteiger partial charge in [-0.2, -0.15) is 4.37 Å². The van der Waals surface area contributed by atoms with E-state index in [1.54, 1.807) is 0 Å². The van der Waals surface area contributed by atoms with Gasteiger partial charge < -0.3 is 5.11 Å². The number of hydrogen-bond acceptors (Lipinski definition) is 5. The van der Waals surface area contributed by atoms with Gasteiger partial charge in [0, 0.05) is 12.2 Å². The van der Waals surface area contributed by atoms with Crippen molar-refractivity contribution in [3.05, 3.63) is 5.69 Å². The lowest BCUT2D eigenvalue weighted by Gasteiger charge is -1.99. The fourth-order valence-corrected chi connectivity index (χ4v) is 2.68. The Morgan fingerprint density at radius 2 is 2.00 bits per heavy atom. The van der Waals surface area contributed by atoms with Crippen LogP contribution in [-0.2, 0) is 9.84 Å². The summed E-state index contributed by atoms with van der Waals surface area (Å²) in [6.07, 6.45) is 1.06. The van der Waals surface area contributed by atoms with E-state index in [4.69, 9.17) is 0 Å². The fraction of sp³-hybridized carbons (Fsp3) is 0.571. The minimum absolute atomic E-state index is 0.0340. The summed E-state index contributed by atoms with van der Waals surface area (Å²) in [6, 6.07) is 0. The van der Waals surface area contributed by atoms with Crippen LogP contribution in [0.3, 0.4) is 0 Å². The van der Waals surface area contributed by atoms with Gasteiger partial charge >= 0.3 is 0 Å². The molecule has 1 aromatic rings. The predicted octanol–water partition coefficient (Wildman–Crippen LogP) is 1.38. The molecule has 1 aromatic heterocycles. The first-order valence-corrected chi connectivity index (χ1v) is 6.39. The lowest BCUT2D eigenvalue weighted by molar-refractivity contribution is 0.452. The molecule has 74 valence electrons. The summed E-state index contributed by atoms with van der Waals surface area (Å²) in [4.78, 5) is 0. The van der Waals surface area contributed by atoms with Gasteiger partial charge in [-0.1, -0.05) is 13.8 Å². The smallest absolute Gasteiger partial charge is 0.190 e. The molecule has 1 rings (SSSR count). The number of sulfone groups is 1. The van der Waals surface area contributed by atoms with Gasteiger partial charge in [0.1, 0.15) is 0 Å². The molecule has 0 amide bonds. The highest BCUT2D eigenvalue weighted by Crippen LogP contribution is 2.34. The molecule has 0 saturated carbocycles. The number of aromatic hydroxyl groups is 1. The first kappa shape index (κ1) is 10.5. The van der Waals surface area contributed by atoms with E-state index < -0.39 is 9.84 Å². The zero-order chi connectivity index (χ0) is 10.2. The maximum absolute atomic E-state index is 11.1. The topological polar surface area (TPSA) is 67.3 Å². The Balaban J connectivity index is 3.30. The van der Waals surface area contributed by atoms with Crippen molar-refractivity contribution in [1.82, 2.24) is 4.37 Å². The van der Waals surface area contributed by atoms with E-state index >= 15 is 0 Å². The SMILES string of the molecule is CC(C)c1nsc(S(C)(=O)=O)c1O. The van der Waals surface area contributed by atoms with Crippen molar-refractivity contribution in [2.75, 3.05) is 6.26 Å². The van der Waals surface area contributed by atoms with Gasteiger partial charge in [0.25, 0.3) is 0 Å². The molecule has 0 aromatic carbocycles. The van der Waals surface area contributed by atoms with E-state index in [1.807, 2.05) is 13.8 Å². The molecule has 0 aliphatic carbocycles. The summed E-state index contributed by atoms with van der Waals surface area (Å²) in [6.45, 7) is 3.70. The predicted molar refractivity (Wildman–Crippen MR) is 51.0 cm³/mol. The maximum Gasteiger partial charge on any atom is 0.190 e. The first-order chi connectivity index (χ1) is 5.84. The number of nitrogens with zero attached hydrogens (tertiary/aromatic N) is 1. The molecule has 4 nitrogen and oxygen atoms in total. The average Bonchev–Trinajstić information content (AvgIpc) is 2.28. The van der Waals surface area contributed by atoms with Crippen LogP contribution >= 0.6 is 11.5 Å². The van der Waals surface area contributed by atoms with Gasteiger partial charge in [0.2, 0.25) is 0 Å². The summed E-state index contributed by atoms with van der Waals surface area (Å²) in [5, 5.41) is 9.50. The van der Waals surface area contributed by atoms with Gasteiger partial charge in [-0.05, 0) is 11.5 Å². The Labute approximate surface area is 81.3 Å². The number of rotatable bonds is 2. The third-order valence-corrected chi connectivity index (χ3v) is 4.19. The minimum Gasteiger partial charge on any atom is -0.504 e. The average molecular weight is 221 g/mol. The van der Waals surface area contributed by atoms with E-state index in [0.29, 0.717) is 5.69 Å². The zero-order valence-electron chi connectivity index (χ0n) is 7.60. The van der Waals surface area contributed by atoms with Crippen LogP contribution in [0.2, 0.25) is 0 Å². The highest BCUT2D eigenvalue weighted by Gasteiger charge is 2.22. The molecule has 1 N–H and O–H groups in total. The molecule has 0 bridgehead atoms. The van der Waals surface area contributed by atoms with Crippen LogP contribution in [0.5, 0.6) is 5.75 Å². The number of hydrogen-bond donors (Lipinski definition) is 1. The summed E-state index contributed by atoms with van der Waals surface area (Å²) >= 11 is 0.823. The van der Waals surface area contributed by atoms with Gasteiger partial charge in [0.05, 0.1) is 5.69 Å². The van der Waals surface area contributed by atoms with Crippen LogP contribution in [-0.4, -0.2) is 24.2 Å². The molecule has 0 aliphatic rings. The standard InChI is InChI=1S/C7H11NO3S2/c1-4(2)5-6(9)7(12-8-5)13(3,10)11/h4,9H,1-3H3. The van der Waals surface area contributed by atoms with Crippen molar-refractivity contribution in [1.29, 1.82) is 0 Å². The van der Waals surface area contributed by atoms with Gasteiger partial charge in [-0.25, -0.2) is 8.42 Å². The summed E-state index contributed by atoms with van der Waals surface area (Å²) in [7, 11) is -3.34. The molecule has 0 atom stereocenters. The van der Waals surface area contributed by atoms with Crippen molar-refractivity contribution >= 4 is 21.4 Å². The van der Waals surface area contributed by atoms with E-state index in [-0.39, 0.29) is 15.9 Å². The van der Waals surface area contributed by atoms with E-state index in [1.165, 1.54) is 0 Å². The molecular weight excluding hydrogens is 210 g/mol. The van der Waals surface area contributed by atoms with E-state index in [9.17, 15) is 13.5 Å². The monoisotopic (exact) mass is 221 g/mol. The quantitative estimate of drug-likeness (QED) is 0.819. The van der Waals surface area contributed by atoms with Crippen LogP contribution in [0, 0.1) is 0 Å². The Kier molecular flexibility index (Phi) is 2.63. The van der Waals surface area contributed by atoms with Crippen molar-refractivity contribution in [2.45, 2.75) is 24.0 Å². The van der Waals surface area contributed by atoms with Crippen LogP contribution in [0.25, 0.3) is 0 Å². The third-order valence-electron chi connectivity index (χ3n) is 1.55. The molecule has 0 spiro atoms. The number of aromatic nitrogens is 1. The second-order valence-electron chi connectivity index (χ2n) is 3.13. The van der Waals surface area contributed by atoms with E-state index in [2.05, 4.69) is 4.37 Å². The Morgan fingerprint density at radius 1 is 1.46 bits per heavy atom. The highest BCUT2D eigenvalue weighted by atomic mass is 32.2. The zero-order valence-corrected chi connectivity index (χ0v) is 9.24. The largest absolute Gasteiger partial charge is 0.504 e. The summed E-state index contributed by atoms with van der Waals surface area (Å²) < 4.78 is 26.0. The third kappa shape index (κ3) is 2.00. The van der Waals surface area contributed by atoms with Crippen LogP contribution in [0.1, 0.15) is 25.5 Å². The Bertz CT molecular complexity index is 405. The minimum atomic E-state index is -3.34. The van der Waals surface area contributed by atoms with Gasteiger partial charge in [0.15, 0.2) is 19.8 Å². The molecular formula is C7H11NO3S2. The molecule has 1 heterocycles. The summed E-state index contributed by atoms with van der Waals surface area (Å²) in [5.41, 5.74) is 0.449. The van der Waals surface area contributed by atoms with Gasteiger partial charge in [-0.3, -0.25) is 0 Å².